The predicted octanol–water partition coefficient (Wildman–Crippen LogP) is 3.26. The molecule has 0 unspecified atom stereocenters. The van der Waals surface area contributed by atoms with Crippen molar-refractivity contribution < 1.29 is 0 Å². The summed E-state index contributed by atoms with van der Waals surface area (Å²) in [4.78, 5) is 3.56. The minimum atomic E-state index is 0.403. The SMILES string of the molecule is CC1(C)[C@H](CCN)[C@H]1c1cc2ccccc2[nH]1. The maximum Gasteiger partial charge on any atom is 0.0456 e. The zero-order chi connectivity index (χ0) is 12.0. The van der Waals surface area contributed by atoms with Crippen LogP contribution < -0.4 is 5.73 Å². The fraction of sp³-hybridized carbons (Fsp3) is 0.467. The second-order valence-corrected chi connectivity index (χ2v) is 5.79. The van der Waals surface area contributed by atoms with Gasteiger partial charge in [-0.25, -0.2) is 0 Å². The molecule has 90 valence electrons. The molecule has 1 aliphatic rings. The third kappa shape index (κ3) is 1.59. The number of H-pyrrole nitrogens is 1. The zero-order valence-corrected chi connectivity index (χ0v) is 10.5. The van der Waals surface area contributed by atoms with Crippen LogP contribution in [0.15, 0.2) is 30.3 Å². The van der Waals surface area contributed by atoms with Crippen LogP contribution in [0.3, 0.4) is 0 Å². The van der Waals surface area contributed by atoms with E-state index in [1.807, 2.05) is 0 Å². The van der Waals surface area contributed by atoms with E-state index in [4.69, 9.17) is 5.73 Å². The summed E-state index contributed by atoms with van der Waals surface area (Å²) in [6.07, 6.45) is 1.13. The van der Waals surface area contributed by atoms with Crippen molar-refractivity contribution in [1.29, 1.82) is 0 Å². The van der Waals surface area contributed by atoms with E-state index in [0.29, 0.717) is 11.3 Å². The van der Waals surface area contributed by atoms with Gasteiger partial charge in [0.25, 0.3) is 0 Å². The zero-order valence-electron chi connectivity index (χ0n) is 10.5. The second-order valence-electron chi connectivity index (χ2n) is 5.79. The number of para-hydroxylation sites is 1. The molecule has 3 rings (SSSR count). The molecule has 0 spiro atoms. The van der Waals surface area contributed by atoms with E-state index in [2.05, 4.69) is 49.2 Å². The summed E-state index contributed by atoms with van der Waals surface area (Å²) in [5.74, 6) is 1.39. The molecule has 3 N–H and O–H groups in total. The van der Waals surface area contributed by atoms with Gasteiger partial charge in [-0.15, -0.1) is 0 Å². The van der Waals surface area contributed by atoms with Crippen molar-refractivity contribution >= 4 is 10.9 Å². The lowest BCUT2D eigenvalue weighted by Crippen LogP contribution is -2.01. The Balaban J connectivity index is 1.95. The summed E-state index contributed by atoms with van der Waals surface area (Å²) in [7, 11) is 0. The Hall–Kier alpha value is -1.28. The number of hydrogen-bond donors (Lipinski definition) is 2. The number of fused-ring (bicyclic) bond motifs is 1. The molecular formula is C15H20N2. The van der Waals surface area contributed by atoms with Crippen LogP contribution in [0, 0.1) is 11.3 Å². The summed E-state index contributed by atoms with van der Waals surface area (Å²) in [6, 6.07) is 10.8. The number of nitrogens with two attached hydrogens (primary N) is 1. The molecule has 0 aliphatic heterocycles. The van der Waals surface area contributed by atoms with Gasteiger partial charge in [0.2, 0.25) is 0 Å². The van der Waals surface area contributed by atoms with Crippen molar-refractivity contribution in [2.24, 2.45) is 17.1 Å². The highest BCUT2D eigenvalue weighted by atomic mass is 14.8. The fourth-order valence-corrected chi connectivity index (χ4v) is 3.34. The Morgan fingerprint density at radius 1 is 1.29 bits per heavy atom. The Bertz CT molecular complexity index is 506. The smallest absolute Gasteiger partial charge is 0.0456 e. The first-order chi connectivity index (χ1) is 8.14. The summed E-state index contributed by atoms with van der Waals surface area (Å²) >= 11 is 0. The molecule has 0 bridgehead atoms. The molecule has 1 heterocycles. The number of nitrogens with one attached hydrogen (secondary N) is 1. The first-order valence-corrected chi connectivity index (χ1v) is 6.42. The minimum absolute atomic E-state index is 0.403. The standard InChI is InChI=1S/C15H20N2/c1-15(2)11(7-8-16)14(15)13-9-10-5-3-4-6-12(10)17-13/h3-6,9,11,14,17H,7-8,16H2,1-2H3/t11-,14+/m1/s1. The molecule has 2 heteroatoms. The molecule has 2 nitrogen and oxygen atoms in total. The van der Waals surface area contributed by atoms with Crippen LogP contribution in [0.5, 0.6) is 0 Å². The summed E-state index contributed by atoms with van der Waals surface area (Å²) in [5, 5.41) is 1.32. The molecule has 2 atom stereocenters. The number of aromatic nitrogens is 1. The molecule has 1 fully saturated rings. The lowest BCUT2D eigenvalue weighted by molar-refractivity contribution is 0.534. The van der Waals surface area contributed by atoms with Crippen molar-refractivity contribution in [3.63, 3.8) is 0 Å². The monoisotopic (exact) mass is 228 g/mol. The Morgan fingerprint density at radius 2 is 2.06 bits per heavy atom. The van der Waals surface area contributed by atoms with Crippen molar-refractivity contribution in [1.82, 2.24) is 4.98 Å². The van der Waals surface area contributed by atoms with E-state index in [1.165, 1.54) is 16.6 Å². The van der Waals surface area contributed by atoms with E-state index < -0.39 is 0 Å². The number of hydrogen-bond acceptors (Lipinski definition) is 1. The number of rotatable bonds is 3. The summed E-state index contributed by atoms with van der Waals surface area (Å²) in [6.45, 7) is 5.50. The third-order valence-electron chi connectivity index (χ3n) is 4.41. The van der Waals surface area contributed by atoms with E-state index in [1.54, 1.807) is 0 Å². The van der Waals surface area contributed by atoms with E-state index in [0.717, 1.165) is 18.9 Å². The molecule has 1 aromatic carbocycles. The second kappa shape index (κ2) is 3.61. The molecule has 2 aromatic rings. The fourth-order valence-electron chi connectivity index (χ4n) is 3.34. The average molecular weight is 228 g/mol. The van der Waals surface area contributed by atoms with Gasteiger partial charge >= 0.3 is 0 Å². The van der Waals surface area contributed by atoms with Gasteiger partial charge in [-0.05, 0) is 41.8 Å². The molecule has 0 radical (unpaired) electrons. The normalized spacial score (nSPS) is 26.3. The minimum Gasteiger partial charge on any atom is -0.358 e. The lowest BCUT2D eigenvalue weighted by Gasteiger charge is -1.99. The quantitative estimate of drug-likeness (QED) is 0.832. The van der Waals surface area contributed by atoms with Gasteiger partial charge in [0, 0.05) is 17.1 Å². The molecule has 0 saturated heterocycles. The van der Waals surface area contributed by atoms with E-state index in [-0.39, 0.29) is 0 Å². The van der Waals surface area contributed by atoms with Crippen LogP contribution in [0.25, 0.3) is 10.9 Å². The highest BCUT2D eigenvalue weighted by Crippen LogP contribution is 2.65. The molecule has 1 saturated carbocycles. The van der Waals surface area contributed by atoms with Crippen LogP contribution in [0.4, 0.5) is 0 Å². The lowest BCUT2D eigenvalue weighted by atomic mass is 10.1. The van der Waals surface area contributed by atoms with Crippen molar-refractivity contribution in [3.8, 4) is 0 Å². The van der Waals surface area contributed by atoms with Gasteiger partial charge in [0.1, 0.15) is 0 Å². The van der Waals surface area contributed by atoms with Crippen LogP contribution >= 0.6 is 0 Å². The van der Waals surface area contributed by atoms with Gasteiger partial charge in [0.15, 0.2) is 0 Å². The maximum absolute atomic E-state index is 5.70. The van der Waals surface area contributed by atoms with Gasteiger partial charge in [-0.3, -0.25) is 0 Å². The number of benzene rings is 1. The average Bonchev–Trinajstić information content (AvgIpc) is 2.70. The van der Waals surface area contributed by atoms with Gasteiger partial charge < -0.3 is 10.7 Å². The topological polar surface area (TPSA) is 41.8 Å². The molecule has 17 heavy (non-hydrogen) atoms. The molecule has 1 aliphatic carbocycles. The Morgan fingerprint density at radius 3 is 2.76 bits per heavy atom. The van der Waals surface area contributed by atoms with Gasteiger partial charge in [-0.1, -0.05) is 32.0 Å². The predicted molar refractivity (Wildman–Crippen MR) is 72.0 cm³/mol. The van der Waals surface area contributed by atoms with Crippen LogP contribution in [0.2, 0.25) is 0 Å². The molecule has 0 amide bonds. The first-order valence-electron chi connectivity index (χ1n) is 6.42. The van der Waals surface area contributed by atoms with Crippen LogP contribution in [-0.2, 0) is 0 Å². The first kappa shape index (κ1) is 10.8. The Labute approximate surface area is 102 Å². The van der Waals surface area contributed by atoms with Gasteiger partial charge in [0.05, 0.1) is 0 Å². The maximum atomic E-state index is 5.70. The highest BCUT2D eigenvalue weighted by molar-refractivity contribution is 5.80. The summed E-state index contributed by atoms with van der Waals surface area (Å²) in [5.41, 5.74) is 8.73. The highest BCUT2D eigenvalue weighted by Gasteiger charge is 2.57. The van der Waals surface area contributed by atoms with E-state index >= 15 is 0 Å². The number of aromatic amines is 1. The van der Waals surface area contributed by atoms with Crippen LogP contribution in [-0.4, -0.2) is 11.5 Å². The Kier molecular flexibility index (Phi) is 2.30. The van der Waals surface area contributed by atoms with Crippen molar-refractivity contribution in [2.75, 3.05) is 6.54 Å². The third-order valence-corrected chi connectivity index (χ3v) is 4.41. The van der Waals surface area contributed by atoms with Crippen LogP contribution in [0.1, 0.15) is 31.9 Å². The summed E-state index contributed by atoms with van der Waals surface area (Å²) < 4.78 is 0. The molecular weight excluding hydrogens is 208 g/mol. The van der Waals surface area contributed by atoms with E-state index in [9.17, 15) is 0 Å². The van der Waals surface area contributed by atoms with Crippen molar-refractivity contribution in [2.45, 2.75) is 26.2 Å². The largest absolute Gasteiger partial charge is 0.358 e. The van der Waals surface area contributed by atoms with Gasteiger partial charge in [-0.2, -0.15) is 0 Å². The molecule has 1 aromatic heterocycles. The van der Waals surface area contributed by atoms with Crippen molar-refractivity contribution in [3.05, 3.63) is 36.0 Å².